The van der Waals surface area contributed by atoms with Crippen LogP contribution in [-0.4, -0.2) is 21.9 Å². The van der Waals surface area contributed by atoms with Gasteiger partial charge in [-0.3, -0.25) is 4.79 Å². The molecule has 0 saturated heterocycles. The number of nitrogens with one attached hydrogen (secondary N) is 1. The third-order valence-corrected chi connectivity index (χ3v) is 2.51. The normalized spacial score (nSPS) is 15.7. The molecule has 1 saturated carbocycles. The molecule has 0 unspecified atom stereocenters. The Hall–Kier alpha value is -1.72. The summed E-state index contributed by atoms with van der Waals surface area (Å²) in [7, 11) is 1.52. The number of amides is 1. The van der Waals surface area contributed by atoms with Crippen LogP contribution in [0.25, 0.3) is 0 Å². The smallest absolute Gasteiger partial charge is 0.243 e. The van der Waals surface area contributed by atoms with Crippen molar-refractivity contribution in [2.24, 2.45) is 18.1 Å². The molecule has 0 radical (unpaired) electrons. The molecule has 5 nitrogen and oxygen atoms in total. The van der Waals surface area contributed by atoms with E-state index < -0.39 is 5.95 Å². The van der Waals surface area contributed by atoms with Gasteiger partial charge in [-0.2, -0.15) is 14.6 Å². The molecule has 1 aromatic rings. The second-order valence-corrected chi connectivity index (χ2v) is 3.92. The summed E-state index contributed by atoms with van der Waals surface area (Å²) in [5.41, 5.74) is 3.23. The molecule has 1 aliphatic carbocycles. The first kappa shape index (κ1) is 10.8. The molecular weight excluding hydrogens is 211 g/mol. The number of nitrogens with zero attached hydrogens (tertiary/aromatic N) is 3. The molecule has 6 heteroatoms. The van der Waals surface area contributed by atoms with Gasteiger partial charge in [0.25, 0.3) is 0 Å². The molecule has 16 heavy (non-hydrogen) atoms. The Morgan fingerprint density at radius 2 is 2.38 bits per heavy atom. The highest BCUT2D eigenvalue weighted by Crippen LogP contribution is 2.28. The van der Waals surface area contributed by atoms with E-state index in [1.807, 2.05) is 0 Å². The van der Waals surface area contributed by atoms with Crippen molar-refractivity contribution in [1.29, 1.82) is 0 Å². The maximum atomic E-state index is 13.4. The first-order chi connectivity index (χ1) is 7.59. The summed E-state index contributed by atoms with van der Waals surface area (Å²) in [6.07, 6.45) is 3.13. The average Bonchev–Trinajstić information content (AvgIpc) is 3.02. The van der Waals surface area contributed by atoms with Crippen LogP contribution in [0, 0.1) is 18.8 Å². The van der Waals surface area contributed by atoms with Gasteiger partial charge in [0.1, 0.15) is 0 Å². The van der Waals surface area contributed by atoms with Crippen LogP contribution in [0.1, 0.15) is 24.1 Å². The molecule has 0 bridgehead atoms. The molecule has 1 N–H and O–H groups in total. The fourth-order valence-electron chi connectivity index (χ4n) is 1.39. The predicted molar refractivity (Wildman–Crippen MR) is 56.4 cm³/mol. The number of aromatic nitrogens is 2. The third kappa shape index (κ3) is 2.10. The van der Waals surface area contributed by atoms with Gasteiger partial charge >= 0.3 is 0 Å². The van der Waals surface area contributed by atoms with Crippen molar-refractivity contribution in [3.05, 3.63) is 17.2 Å². The number of rotatable bonds is 3. The first-order valence-corrected chi connectivity index (χ1v) is 5.11. The Bertz CT molecular complexity index is 448. The van der Waals surface area contributed by atoms with Gasteiger partial charge in [-0.1, -0.05) is 0 Å². The molecule has 0 atom stereocenters. The second-order valence-electron chi connectivity index (χ2n) is 3.92. The summed E-state index contributed by atoms with van der Waals surface area (Å²) in [4.78, 5) is 11.2. The van der Waals surface area contributed by atoms with Gasteiger partial charge in [0.2, 0.25) is 11.9 Å². The van der Waals surface area contributed by atoms with Crippen molar-refractivity contribution in [1.82, 2.24) is 15.2 Å². The van der Waals surface area contributed by atoms with Gasteiger partial charge in [0.05, 0.1) is 17.5 Å². The van der Waals surface area contributed by atoms with Crippen molar-refractivity contribution in [3.8, 4) is 0 Å². The van der Waals surface area contributed by atoms with Crippen LogP contribution in [0.4, 0.5) is 4.39 Å². The van der Waals surface area contributed by atoms with Crippen LogP contribution in [0.2, 0.25) is 0 Å². The van der Waals surface area contributed by atoms with E-state index in [9.17, 15) is 9.18 Å². The van der Waals surface area contributed by atoms with Gasteiger partial charge in [-0.05, 0) is 19.8 Å². The number of hydrazone groups is 1. The minimum Gasteiger partial charge on any atom is -0.273 e. The van der Waals surface area contributed by atoms with Crippen LogP contribution in [0.5, 0.6) is 0 Å². The molecule has 0 aliphatic heterocycles. The van der Waals surface area contributed by atoms with Crippen molar-refractivity contribution in [3.63, 3.8) is 0 Å². The molecule has 1 amide bonds. The summed E-state index contributed by atoms with van der Waals surface area (Å²) in [5.74, 6) is -0.461. The van der Waals surface area contributed by atoms with Crippen LogP contribution in [0.3, 0.4) is 0 Å². The van der Waals surface area contributed by atoms with E-state index in [0.717, 1.165) is 17.5 Å². The molecule has 0 spiro atoms. The minimum atomic E-state index is -0.457. The lowest BCUT2D eigenvalue weighted by Crippen LogP contribution is -2.19. The van der Waals surface area contributed by atoms with E-state index in [1.165, 1.54) is 13.3 Å². The number of carbonyl (C=O) groups is 1. The lowest BCUT2D eigenvalue weighted by Gasteiger charge is -1.95. The number of halogens is 1. The minimum absolute atomic E-state index is 0.0944. The van der Waals surface area contributed by atoms with E-state index in [1.54, 1.807) is 6.92 Å². The number of carbonyl (C=O) groups excluding carboxylic acids is 1. The fraction of sp³-hybridized carbons (Fsp3) is 0.500. The van der Waals surface area contributed by atoms with Crippen molar-refractivity contribution in [2.45, 2.75) is 19.8 Å². The quantitative estimate of drug-likeness (QED) is 0.607. The summed E-state index contributed by atoms with van der Waals surface area (Å²) in [5, 5.41) is 7.61. The molecule has 1 heterocycles. The summed E-state index contributed by atoms with van der Waals surface area (Å²) >= 11 is 0. The van der Waals surface area contributed by atoms with Crippen molar-refractivity contribution >= 4 is 12.1 Å². The highest BCUT2D eigenvalue weighted by atomic mass is 19.1. The molecule has 1 fully saturated rings. The standard InChI is InChI=1S/C10H13FN4O/c1-6-8(9(11)15(2)14-6)5-12-13-10(16)7-3-4-7/h5,7H,3-4H2,1-2H3,(H,13,16). The molecule has 2 rings (SSSR count). The maximum absolute atomic E-state index is 13.4. The van der Waals surface area contributed by atoms with Crippen molar-refractivity contribution < 1.29 is 9.18 Å². The maximum Gasteiger partial charge on any atom is 0.243 e. The van der Waals surface area contributed by atoms with Crippen LogP contribution in [-0.2, 0) is 11.8 Å². The highest BCUT2D eigenvalue weighted by molar-refractivity contribution is 5.85. The van der Waals surface area contributed by atoms with Gasteiger partial charge in [0.15, 0.2) is 0 Å². The first-order valence-electron chi connectivity index (χ1n) is 5.11. The average molecular weight is 224 g/mol. The number of aryl methyl sites for hydroxylation is 2. The third-order valence-electron chi connectivity index (χ3n) is 2.51. The Morgan fingerprint density at radius 3 is 2.88 bits per heavy atom. The largest absolute Gasteiger partial charge is 0.273 e. The van der Waals surface area contributed by atoms with E-state index in [-0.39, 0.29) is 11.8 Å². The fourth-order valence-corrected chi connectivity index (χ4v) is 1.39. The zero-order valence-corrected chi connectivity index (χ0v) is 9.20. The van der Waals surface area contributed by atoms with Gasteiger partial charge in [0, 0.05) is 13.0 Å². The molecule has 1 aliphatic rings. The van der Waals surface area contributed by atoms with E-state index in [0.29, 0.717) is 11.3 Å². The van der Waals surface area contributed by atoms with Crippen LogP contribution >= 0.6 is 0 Å². The molecular formula is C10H13FN4O. The van der Waals surface area contributed by atoms with Gasteiger partial charge in [-0.25, -0.2) is 10.1 Å². The van der Waals surface area contributed by atoms with Gasteiger partial charge < -0.3 is 0 Å². The Labute approximate surface area is 92.3 Å². The van der Waals surface area contributed by atoms with E-state index in [2.05, 4.69) is 15.6 Å². The predicted octanol–water partition coefficient (Wildman–Crippen LogP) is 0.728. The summed E-state index contributed by atoms with van der Waals surface area (Å²) < 4.78 is 14.6. The Kier molecular flexibility index (Phi) is 2.72. The number of hydrogen-bond donors (Lipinski definition) is 1. The summed E-state index contributed by atoms with van der Waals surface area (Å²) in [6, 6.07) is 0. The lowest BCUT2D eigenvalue weighted by atomic mass is 10.3. The van der Waals surface area contributed by atoms with Crippen molar-refractivity contribution in [2.75, 3.05) is 0 Å². The SMILES string of the molecule is Cc1nn(C)c(F)c1C=NNC(=O)C1CC1. The summed E-state index contributed by atoms with van der Waals surface area (Å²) in [6.45, 7) is 1.69. The van der Waals surface area contributed by atoms with E-state index in [4.69, 9.17) is 0 Å². The van der Waals surface area contributed by atoms with Crippen LogP contribution < -0.4 is 5.43 Å². The lowest BCUT2D eigenvalue weighted by molar-refractivity contribution is -0.122. The molecule has 0 aromatic carbocycles. The van der Waals surface area contributed by atoms with Gasteiger partial charge in [-0.15, -0.1) is 0 Å². The zero-order chi connectivity index (χ0) is 11.7. The Balaban J connectivity index is 2.02. The second kappa shape index (κ2) is 4.03. The van der Waals surface area contributed by atoms with E-state index >= 15 is 0 Å². The zero-order valence-electron chi connectivity index (χ0n) is 9.20. The monoisotopic (exact) mass is 224 g/mol. The molecule has 86 valence electrons. The van der Waals surface area contributed by atoms with Crippen LogP contribution in [0.15, 0.2) is 5.10 Å². The topological polar surface area (TPSA) is 59.3 Å². The highest BCUT2D eigenvalue weighted by Gasteiger charge is 2.29. The number of hydrogen-bond acceptors (Lipinski definition) is 3. The molecule has 1 aromatic heterocycles. The Morgan fingerprint density at radius 1 is 1.69 bits per heavy atom.